The van der Waals surface area contributed by atoms with Crippen molar-refractivity contribution in [1.29, 1.82) is 5.26 Å². The van der Waals surface area contributed by atoms with Crippen LogP contribution in [0.15, 0.2) is 18.2 Å². The van der Waals surface area contributed by atoms with Gasteiger partial charge in [0.2, 0.25) is 0 Å². The van der Waals surface area contributed by atoms with E-state index < -0.39 is 16.6 Å². The summed E-state index contributed by atoms with van der Waals surface area (Å²) in [6.07, 6.45) is 2.03. The molecule has 0 radical (unpaired) electrons. The highest BCUT2D eigenvalue weighted by molar-refractivity contribution is 5.92. The summed E-state index contributed by atoms with van der Waals surface area (Å²) in [5.41, 5.74) is -1.13. The molecule has 0 unspecified atom stereocenters. The Kier molecular flexibility index (Phi) is 3.89. The van der Waals surface area contributed by atoms with Crippen molar-refractivity contribution in [3.8, 4) is 6.07 Å². The van der Waals surface area contributed by atoms with Gasteiger partial charge in [-0.3, -0.25) is 14.9 Å². The molecule has 0 saturated heterocycles. The van der Waals surface area contributed by atoms with E-state index in [0.29, 0.717) is 0 Å². The Morgan fingerprint density at radius 2 is 2.17 bits per heavy atom. The molecule has 1 rings (SSSR count). The Hall–Kier alpha value is -3.01. The van der Waals surface area contributed by atoms with Crippen LogP contribution in [0.1, 0.15) is 21.5 Å². The number of nitriles is 1. The van der Waals surface area contributed by atoms with E-state index >= 15 is 0 Å². The van der Waals surface area contributed by atoms with Crippen LogP contribution in [-0.4, -0.2) is 22.3 Å². The number of nitro benzene ring substituents is 1. The number of nitrogens with zero attached hydrogens (tertiary/aromatic N) is 2. The largest absolute Gasteiger partial charge is 0.478 e. The third kappa shape index (κ3) is 2.56. The first kappa shape index (κ1) is 13.1. The summed E-state index contributed by atoms with van der Waals surface area (Å²) in [6, 6.07) is 4.03. The van der Waals surface area contributed by atoms with Gasteiger partial charge in [-0.1, -0.05) is 6.07 Å². The van der Waals surface area contributed by atoms with Crippen LogP contribution < -0.4 is 0 Å². The van der Waals surface area contributed by atoms with E-state index in [-0.39, 0.29) is 23.0 Å². The number of rotatable bonds is 4. The lowest BCUT2D eigenvalue weighted by Gasteiger charge is -2.02. The molecule has 90 valence electrons. The summed E-state index contributed by atoms with van der Waals surface area (Å²) in [6.45, 7) is 0. The van der Waals surface area contributed by atoms with Crippen molar-refractivity contribution in [3.05, 3.63) is 45.0 Å². The van der Waals surface area contributed by atoms with Gasteiger partial charge in [0.15, 0.2) is 6.29 Å². The topological polar surface area (TPSA) is 121 Å². The van der Waals surface area contributed by atoms with Crippen LogP contribution in [-0.2, 0) is 4.79 Å². The number of aliphatic carboxylic acids is 1. The minimum absolute atomic E-state index is 0.0677. The summed E-state index contributed by atoms with van der Waals surface area (Å²) in [7, 11) is 0. The second kappa shape index (κ2) is 5.36. The average Bonchev–Trinajstić information content (AvgIpc) is 2.34. The summed E-state index contributed by atoms with van der Waals surface area (Å²) < 4.78 is 0. The number of hydrogen-bond acceptors (Lipinski definition) is 5. The second-order valence-electron chi connectivity index (χ2n) is 3.12. The molecule has 0 spiro atoms. The molecule has 0 aromatic heterocycles. The van der Waals surface area contributed by atoms with Crippen molar-refractivity contribution >= 4 is 24.0 Å². The number of carboxylic acid groups (broad SMARTS) is 1. The fourth-order valence-electron chi connectivity index (χ4n) is 1.34. The van der Waals surface area contributed by atoms with Crippen molar-refractivity contribution in [2.45, 2.75) is 0 Å². The number of benzene rings is 1. The van der Waals surface area contributed by atoms with Crippen molar-refractivity contribution in [3.63, 3.8) is 0 Å². The smallest absolute Gasteiger partial charge is 0.328 e. The van der Waals surface area contributed by atoms with Crippen LogP contribution in [0.25, 0.3) is 6.08 Å². The Labute approximate surface area is 101 Å². The number of carbonyl (C=O) groups is 2. The van der Waals surface area contributed by atoms with Gasteiger partial charge >= 0.3 is 5.97 Å². The Morgan fingerprint density at radius 1 is 1.50 bits per heavy atom. The quantitative estimate of drug-likeness (QED) is 0.370. The van der Waals surface area contributed by atoms with Crippen LogP contribution in [0, 0.1) is 21.4 Å². The Morgan fingerprint density at radius 3 is 2.61 bits per heavy atom. The molecule has 0 aliphatic heterocycles. The lowest BCUT2D eigenvalue weighted by Crippen LogP contribution is -2.00. The van der Waals surface area contributed by atoms with Crippen LogP contribution in [0.4, 0.5) is 5.69 Å². The zero-order chi connectivity index (χ0) is 13.7. The second-order valence-corrected chi connectivity index (χ2v) is 3.12. The molecule has 0 amide bonds. The number of hydrogen-bond donors (Lipinski definition) is 1. The first-order valence-corrected chi connectivity index (χ1v) is 4.59. The first-order valence-electron chi connectivity index (χ1n) is 4.59. The molecule has 0 aliphatic carbocycles. The normalized spacial score (nSPS) is 9.94. The van der Waals surface area contributed by atoms with E-state index in [9.17, 15) is 19.7 Å². The van der Waals surface area contributed by atoms with E-state index in [2.05, 4.69) is 0 Å². The monoisotopic (exact) mass is 246 g/mol. The van der Waals surface area contributed by atoms with Crippen molar-refractivity contribution in [2.75, 3.05) is 0 Å². The fraction of sp³-hybridized carbons (Fsp3) is 0. The summed E-state index contributed by atoms with van der Waals surface area (Å²) >= 11 is 0. The number of aldehydes is 1. The van der Waals surface area contributed by atoms with Crippen LogP contribution in [0.5, 0.6) is 0 Å². The molecule has 1 N–H and O–H groups in total. The molecular formula is C11H6N2O5. The van der Waals surface area contributed by atoms with Crippen molar-refractivity contribution in [2.24, 2.45) is 0 Å². The lowest BCUT2D eigenvalue weighted by atomic mass is 10.0. The van der Waals surface area contributed by atoms with Gasteiger partial charge < -0.3 is 5.11 Å². The SMILES string of the molecule is N#Cc1ccc(/C=C/C(=O)O)c(C=O)c1[N+](=O)[O-]. The molecule has 7 nitrogen and oxygen atoms in total. The maximum absolute atomic E-state index is 10.9. The Bertz CT molecular complexity index is 598. The number of nitro groups is 1. The van der Waals surface area contributed by atoms with Crippen LogP contribution in [0.3, 0.4) is 0 Å². The van der Waals surface area contributed by atoms with Gasteiger partial charge in [0.05, 0.1) is 4.92 Å². The maximum atomic E-state index is 10.9. The van der Waals surface area contributed by atoms with E-state index in [1.54, 1.807) is 6.07 Å². The molecule has 0 saturated carbocycles. The van der Waals surface area contributed by atoms with Gasteiger partial charge in [-0.2, -0.15) is 5.26 Å². The van der Waals surface area contributed by atoms with Crippen LogP contribution >= 0.6 is 0 Å². The van der Waals surface area contributed by atoms with E-state index in [1.165, 1.54) is 6.07 Å². The summed E-state index contributed by atoms with van der Waals surface area (Å²) in [5, 5.41) is 28.0. The van der Waals surface area contributed by atoms with Crippen molar-refractivity contribution < 1.29 is 19.6 Å². The number of carbonyl (C=O) groups excluding carboxylic acids is 1. The van der Waals surface area contributed by atoms with Gasteiger partial charge in [0.1, 0.15) is 17.2 Å². The molecule has 7 heteroatoms. The zero-order valence-electron chi connectivity index (χ0n) is 8.86. The van der Waals surface area contributed by atoms with Gasteiger partial charge in [-0.25, -0.2) is 4.79 Å². The third-order valence-electron chi connectivity index (χ3n) is 2.08. The molecule has 0 fully saturated rings. The van der Waals surface area contributed by atoms with Gasteiger partial charge in [-0.05, 0) is 17.7 Å². The summed E-state index contributed by atoms with van der Waals surface area (Å²) in [4.78, 5) is 31.2. The minimum atomic E-state index is -1.25. The molecular weight excluding hydrogens is 240 g/mol. The molecule has 1 aromatic rings. The van der Waals surface area contributed by atoms with Gasteiger partial charge in [0.25, 0.3) is 5.69 Å². The fourth-order valence-corrected chi connectivity index (χ4v) is 1.34. The molecule has 18 heavy (non-hydrogen) atoms. The molecule has 0 atom stereocenters. The standard InChI is InChI=1S/C11H6N2O5/c12-5-8-2-1-7(3-4-10(15)16)9(6-14)11(8)13(17)18/h1-4,6H,(H,15,16)/b4-3+. The Balaban J connectivity index is 3.53. The van der Waals surface area contributed by atoms with E-state index in [4.69, 9.17) is 10.4 Å². The minimum Gasteiger partial charge on any atom is -0.478 e. The molecule has 0 heterocycles. The first-order chi connectivity index (χ1) is 8.51. The number of carboxylic acids is 1. The molecule has 0 aliphatic rings. The summed E-state index contributed by atoms with van der Waals surface area (Å²) in [5.74, 6) is -1.25. The maximum Gasteiger partial charge on any atom is 0.328 e. The molecule has 1 aromatic carbocycles. The van der Waals surface area contributed by atoms with Crippen molar-refractivity contribution in [1.82, 2.24) is 0 Å². The highest BCUT2D eigenvalue weighted by Crippen LogP contribution is 2.26. The third-order valence-corrected chi connectivity index (χ3v) is 2.08. The highest BCUT2D eigenvalue weighted by atomic mass is 16.6. The average molecular weight is 246 g/mol. The van der Waals surface area contributed by atoms with E-state index in [0.717, 1.165) is 18.2 Å². The van der Waals surface area contributed by atoms with Gasteiger partial charge in [0, 0.05) is 6.08 Å². The zero-order valence-corrected chi connectivity index (χ0v) is 8.86. The van der Waals surface area contributed by atoms with E-state index in [1.807, 2.05) is 0 Å². The van der Waals surface area contributed by atoms with Gasteiger partial charge in [-0.15, -0.1) is 0 Å². The highest BCUT2D eigenvalue weighted by Gasteiger charge is 2.21. The predicted molar refractivity (Wildman–Crippen MR) is 59.9 cm³/mol. The predicted octanol–water partition coefficient (Wildman–Crippen LogP) is 1.38. The molecule has 0 bridgehead atoms. The van der Waals surface area contributed by atoms with Crippen LogP contribution in [0.2, 0.25) is 0 Å². The lowest BCUT2D eigenvalue weighted by molar-refractivity contribution is -0.385.